The Morgan fingerprint density at radius 1 is 1.19 bits per heavy atom. The van der Waals surface area contributed by atoms with E-state index in [9.17, 15) is 9.59 Å². The van der Waals surface area contributed by atoms with Gasteiger partial charge in [0.15, 0.2) is 5.11 Å². The molecule has 134 valence electrons. The lowest BCUT2D eigenvalue weighted by Gasteiger charge is -2.23. The molecular formula is C17H15ClN4O2S2. The Labute approximate surface area is 165 Å². The highest BCUT2D eigenvalue weighted by atomic mass is 35.5. The molecule has 3 rings (SSSR count). The Hall–Kier alpha value is -2.29. The van der Waals surface area contributed by atoms with Crippen molar-refractivity contribution in [3.05, 3.63) is 53.6 Å². The van der Waals surface area contributed by atoms with E-state index in [-0.39, 0.29) is 23.3 Å². The third-order valence-electron chi connectivity index (χ3n) is 3.48. The molecule has 0 bridgehead atoms. The van der Waals surface area contributed by atoms with Crippen molar-refractivity contribution in [3.63, 3.8) is 0 Å². The molecule has 0 saturated carbocycles. The van der Waals surface area contributed by atoms with Crippen LogP contribution in [0.1, 0.15) is 6.42 Å². The quantitative estimate of drug-likeness (QED) is 0.463. The predicted molar refractivity (Wildman–Crippen MR) is 108 cm³/mol. The molecule has 0 saturated heterocycles. The number of carbonyl (C=O) groups excluding carboxylic acids is 2. The summed E-state index contributed by atoms with van der Waals surface area (Å²) < 4.78 is 0. The molecule has 2 amide bonds. The fraction of sp³-hybridized carbons (Fsp3) is 0.118. The summed E-state index contributed by atoms with van der Waals surface area (Å²) in [6.45, 7) is 0. The number of anilines is 2. The summed E-state index contributed by atoms with van der Waals surface area (Å²) in [6, 6.07) is 14.5. The molecular weight excluding hydrogens is 392 g/mol. The van der Waals surface area contributed by atoms with Crippen molar-refractivity contribution >= 4 is 63.9 Å². The van der Waals surface area contributed by atoms with Crippen LogP contribution < -0.4 is 21.5 Å². The van der Waals surface area contributed by atoms with Gasteiger partial charge >= 0.3 is 0 Å². The van der Waals surface area contributed by atoms with Gasteiger partial charge in [0.05, 0.1) is 10.9 Å². The fourth-order valence-electron chi connectivity index (χ4n) is 2.30. The largest absolute Gasteiger partial charge is 0.331 e. The molecule has 9 heteroatoms. The molecule has 26 heavy (non-hydrogen) atoms. The number of thioether (sulfide) groups is 1. The maximum absolute atomic E-state index is 12.1. The second kappa shape index (κ2) is 8.39. The Kier molecular flexibility index (Phi) is 5.97. The molecule has 0 aliphatic carbocycles. The molecule has 1 aliphatic rings. The number of hydrogen-bond donors (Lipinski definition) is 4. The molecule has 2 aromatic carbocycles. The molecule has 2 aromatic rings. The van der Waals surface area contributed by atoms with Crippen LogP contribution in [-0.2, 0) is 9.59 Å². The predicted octanol–water partition coefficient (Wildman–Crippen LogP) is 3.16. The van der Waals surface area contributed by atoms with E-state index in [0.29, 0.717) is 10.7 Å². The molecule has 4 N–H and O–H groups in total. The summed E-state index contributed by atoms with van der Waals surface area (Å²) in [5.41, 5.74) is 6.57. The van der Waals surface area contributed by atoms with E-state index >= 15 is 0 Å². The van der Waals surface area contributed by atoms with Crippen molar-refractivity contribution in [2.45, 2.75) is 16.6 Å². The van der Waals surface area contributed by atoms with Gasteiger partial charge in [-0.1, -0.05) is 29.8 Å². The van der Waals surface area contributed by atoms with Crippen LogP contribution in [0.15, 0.2) is 53.4 Å². The summed E-state index contributed by atoms with van der Waals surface area (Å²) >= 11 is 12.4. The van der Waals surface area contributed by atoms with Crippen molar-refractivity contribution in [2.24, 2.45) is 0 Å². The number of para-hydroxylation sites is 1. The van der Waals surface area contributed by atoms with Gasteiger partial charge in [-0.3, -0.25) is 20.4 Å². The topological polar surface area (TPSA) is 82.3 Å². The van der Waals surface area contributed by atoms with Gasteiger partial charge in [-0.05, 0) is 42.5 Å². The summed E-state index contributed by atoms with van der Waals surface area (Å²) in [7, 11) is 0. The van der Waals surface area contributed by atoms with Crippen molar-refractivity contribution in [1.29, 1.82) is 0 Å². The Morgan fingerprint density at radius 2 is 2.00 bits per heavy atom. The number of hydrogen-bond acceptors (Lipinski definition) is 4. The number of amides is 2. The van der Waals surface area contributed by atoms with Gasteiger partial charge in [0.1, 0.15) is 0 Å². The Balaban J connectivity index is 1.48. The van der Waals surface area contributed by atoms with Crippen molar-refractivity contribution in [1.82, 2.24) is 10.9 Å². The first-order valence-electron chi connectivity index (χ1n) is 7.69. The minimum atomic E-state index is -0.499. The van der Waals surface area contributed by atoms with Crippen LogP contribution in [-0.4, -0.2) is 22.2 Å². The molecule has 0 unspecified atom stereocenters. The van der Waals surface area contributed by atoms with Crippen LogP contribution in [0.2, 0.25) is 5.02 Å². The van der Waals surface area contributed by atoms with Crippen molar-refractivity contribution < 1.29 is 9.59 Å². The van der Waals surface area contributed by atoms with E-state index < -0.39 is 5.25 Å². The smallest absolute Gasteiger partial charge is 0.240 e. The zero-order valence-corrected chi connectivity index (χ0v) is 15.8. The lowest BCUT2D eigenvalue weighted by atomic mass is 10.2. The highest BCUT2D eigenvalue weighted by Gasteiger charge is 2.28. The highest BCUT2D eigenvalue weighted by molar-refractivity contribution is 8.01. The van der Waals surface area contributed by atoms with Crippen LogP contribution in [0.5, 0.6) is 0 Å². The molecule has 0 spiro atoms. The first kappa shape index (κ1) is 18.5. The van der Waals surface area contributed by atoms with Gasteiger partial charge in [-0.25, -0.2) is 0 Å². The Morgan fingerprint density at radius 3 is 2.81 bits per heavy atom. The van der Waals surface area contributed by atoms with Crippen LogP contribution >= 0.6 is 35.6 Å². The van der Waals surface area contributed by atoms with E-state index in [1.54, 1.807) is 24.3 Å². The maximum Gasteiger partial charge on any atom is 0.240 e. The zero-order valence-electron chi connectivity index (χ0n) is 13.4. The van der Waals surface area contributed by atoms with Gasteiger partial charge in [0, 0.05) is 22.0 Å². The standard InChI is InChI=1S/C17H15ClN4O2S2/c18-10-4-3-5-11(8-10)19-17(25)22-21-15(23)9-14-16(24)20-12-6-1-2-7-13(12)26-14/h1-8,14H,9H2,(H,20,24)(H,21,23)(H2,19,22,25)/t14-/m1/s1. The number of nitrogens with one attached hydrogen (secondary N) is 4. The average Bonchev–Trinajstić information content (AvgIpc) is 2.61. The number of benzene rings is 2. The molecule has 0 fully saturated rings. The molecule has 1 aliphatic heterocycles. The van der Waals surface area contributed by atoms with Gasteiger partial charge in [-0.2, -0.15) is 0 Å². The van der Waals surface area contributed by atoms with Gasteiger partial charge in [0.25, 0.3) is 0 Å². The van der Waals surface area contributed by atoms with Crippen LogP contribution in [0, 0.1) is 0 Å². The molecule has 0 radical (unpaired) electrons. The third kappa shape index (κ3) is 4.87. The second-order valence-corrected chi connectivity index (χ2v) is 7.52. The number of fused-ring (bicyclic) bond motifs is 1. The molecule has 0 aromatic heterocycles. The maximum atomic E-state index is 12.1. The lowest BCUT2D eigenvalue weighted by Crippen LogP contribution is -2.45. The summed E-state index contributed by atoms with van der Waals surface area (Å²) in [4.78, 5) is 25.2. The van der Waals surface area contributed by atoms with Crippen LogP contribution in [0.25, 0.3) is 0 Å². The first-order valence-corrected chi connectivity index (χ1v) is 9.36. The summed E-state index contributed by atoms with van der Waals surface area (Å²) in [6.07, 6.45) is 0.0254. The number of thiocarbonyl (C=S) groups is 1. The van der Waals surface area contributed by atoms with E-state index in [0.717, 1.165) is 10.6 Å². The van der Waals surface area contributed by atoms with Crippen molar-refractivity contribution in [2.75, 3.05) is 10.6 Å². The van der Waals surface area contributed by atoms with E-state index in [1.807, 2.05) is 24.3 Å². The monoisotopic (exact) mass is 406 g/mol. The van der Waals surface area contributed by atoms with E-state index in [2.05, 4.69) is 21.5 Å². The second-order valence-electron chi connectivity index (χ2n) is 5.43. The Bertz CT molecular complexity index is 862. The highest BCUT2D eigenvalue weighted by Crippen LogP contribution is 2.36. The minimum absolute atomic E-state index is 0.0254. The lowest BCUT2D eigenvalue weighted by molar-refractivity contribution is -0.124. The normalized spacial score (nSPS) is 15.4. The van der Waals surface area contributed by atoms with Crippen molar-refractivity contribution in [3.8, 4) is 0 Å². The van der Waals surface area contributed by atoms with Gasteiger partial charge in [0.2, 0.25) is 11.8 Å². The average molecular weight is 407 g/mol. The molecule has 1 atom stereocenters. The summed E-state index contributed by atoms with van der Waals surface area (Å²) in [5.74, 6) is -0.532. The zero-order chi connectivity index (χ0) is 18.5. The molecule has 6 nitrogen and oxygen atoms in total. The number of carbonyl (C=O) groups is 2. The third-order valence-corrected chi connectivity index (χ3v) is 5.19. The van der Waals surface area contributed by atoms with Gasteiger partial charge in [-0.15, -0.1) is 11.8 Å². The number of rotatable bonds is 3. The van der Waals surface area contributed by atoms with Crippen LogP contribution in [0.3, 0.4) is 0 Å². The SMILES string of the molecule is O=C(C[C@H]1Sc2ccccc2NC1=O)NNC(=S)Nc1cccc(Cl)c1. The summed E-state index contributed by atoms with van der Waals surface area (Å²) in [5, 5.41) is 5.99. The first-order chi connectivity index (χ1) is 12.5. The van der Waals surface area contributed by atoms with Gasteiger partial charge < -0.3 is 10.6 Å². The molecule has 1 heterocycles. The fourth-order valence-corrected chi connectivity index (χ4v) is 3.77. The number of halogens is 1. The van der Waals surface area contributed by atoms with Crippen LogP contribution in [0.4, 0.5) is 11.4 Å². The minimum Gasteiger partial charge on any atom is -0.331 e. The number of hydrazine groups is 1. The van der Waals surface area contributed by atoms with E-state index in [4.69, 9.17) is 23.8 Å². The van der Waals surface area contributed by atoms with E-state index in [1.165, 1.54) is 11.8 Å².